The van der Waals surface area contributed by atoms with Crippen molar-refractivity contribution in [1.29, 1.82) is 0 Å². The molecule has 0 saturated carbocycles. The Balaban J connectivity index is 1.47. The highest BCUT2D eigenvalue weighted by Crippen LogP contribution is 2.24. The molecule has 6 nitrogen and oxygen atoms in total. The number of amides is 1. The second-order valence-electron chi connectivity index (χ2n) is 6.78. The van der Waals surface area contributed by atoms with Crippen LogP contribution in [0, 0.1) is 0 Å². The van der Waals surface area contributed by atoms with Crippen molar-refractivity contribution in [2.24, 2.45) is 0 Å². The van der Waals surface area contributed by atoms with Crippen LogP contribution in [0.3, 0.4) is 0 Å². The van der Waals surface area contributed by atoms with E-state index < -0.39 is 0 Å². The average molecular weight is 421 g/mol. The van der Waals surface area contributed by atoms with Gasteiger partial charge in [0.15, 0.2) is 5.65 Å². The van der Waals surface area contributed by atoms with Gasteiger partial charge < -0.3 is 14.6 Å². The fourth-order valence-electron chi connectivity index (χ4n) is 3.32. The second-order valence-corrected chi connectivity index (χ2v) is 7.19. The monoisotopic (exact) mass is 420 g/mol. The highest BCUT2D eigenvalue weighted by Gasteiger charge is 2.14. The number of hydrogen-bond donors (Lipinski definition) is 1. The minimum Gasteiger partial charge on any atom is -0.497 e. The summed E-state index contributed by atoms with van der Waals surface area (Å²) in [6.45, 7) is 1.01. The van der Waals surface area contributed by atoms with Crippen molar-refractivity contribution in [2.75, 3.05) is 13.7 Å². The van der Waals surface area contributed by atoms with Crippen molar-refractivity contribution in [3.05, 3.63) is 77.4 Å². The molecule has 7 heteroatoms. The number of nitrogens with one attached hydrogen (secondary N) is 1. The molecule has 2 aromatic carbocycles. The summed E-state index contributed by atoms with van der Waals surface area (Å²) in [4.78, 5) is 21.6. The molecule has 30 heavy (non-hydrogen) atoms. The van der Waals surface area contributed by atoms with Crippen molar-refractivity contribution in [3.8, 4) is 17.1 Å². The standard InChI is InChI=1S/C23H21ClN4O2/c1-30-18-10-9-17(19(24)15-18)14-21(29)25-12-13-28-22(16-6-3-2-4-7-16)27-20-8-5-11-26-23(20)28/h2-11,15H,12-14H2,1H3,(H,25,29). The van der Waals surface area contributed by atoms with Crippen LogP contribution >= 0.6 is 11.6 Å². The van der Waals surface area contributed by atoms with E-state index >= 15 is 0 Å². The SMILES string of the molecule is COc1ccc(CC(=O)NCCn2c(-c3ccccc3)nc3cccnc32)c(Cl)c1. The van der Waals surface area contributed by atoms with Crippen LogP contribution in [0.5, 0.6) is 5.75 Å². The van der Waals surface area contributed by atoms with E-state index in [1.807, 2.05) is 53.1 Å². The minimum atomic E-state index is -0.0966. The zero-order valence-electron chi connectivity index (χ0n) is 16.5. The molecule has 0 atom stereocenters. The Bertz CT molecular complexity index is 1170. The predicted octanol–water partition coefficient (Wildman–Crippen LogP) is 4.12. The van der Waals surface area contributed by atoms with Gasteiger partial charge in [-0.2, -0.15) is 0 Å². The maximum absolute atomic E-state index is 12.4. The van der Waals surface area contributed by atoms with Crippen molar-refractivity contribution >= 4 is 28.7 Å². The van der Waals surface area contributed by atoms with Gasteiger partial charge in [0.1, 0.15) is 17.1 Å². The third kappa shape index (κ3) is 4.28. The van der Waals surface area contributed by atoms with Crippen LogP contribution in [0.2, 0.25) is 5.02 Å². The van der Waals surface area contributed by atoms with E-state index in [4.69, 9.17) is 21.3 Å². The Morgan fingerprint density at radius 2 is 1.97 bits per heavy atom. The number of hydrogen-bond acceptors (Lipinski definition) is 4. The number of methoxy groups -OCH3 is 1. The van der Waals surface area contributed by atoms with Crippen molar-refractivity contribution < 1.29 is 9.53 Å². The van der Waals surface area contributed by atoms with E-state index in [0.717, 1.165) is 28.1 Å². The topological polar surface area (TPSA) is 69.0 Å². The zero-order chi connectivity index (χ0) is 20.9. The number of halogens is 1. The van der Waals surface area contributed by atoms with E-state index in [1.165, 1.54) is 0 Å². The number of ether oxygens (including phenoxy) is 1. The van der Waals surface area contributed by atoms with Gasteiger partial charge in [0, 0.05) is 29.9 Å². The second kappa shape index (κ2) is 8.97. The molecular formula is C23H21ClN4O2. The molecule has 4 rings (SSSR count). The fourth-order valence-corrected chi connectivity index (χ4v) is 3.56. The highest BCUT2D eigenvalue weighted by molar-refractivity contribution is 6.31. The lowest BCUT2D eigenvalue weighted by molar-refractivity contribution is -0.120. The first kappa shape index (κ1) is 19.9. The molecule has 2 heterocycles. The van der Waals surface area contributed by atoms with Crippen LogP contribution in [0.15, 0.2) is 66.9 Å². The quantitative estimate of drug-likeness (QED) is 0.488. The average Bonchev–Trinajstić information content (AvgIpc) is 3.14. The van der Waals surface area contributed by atoms with E-state index in [2.05, 4.69) is 10.3 Å². The summed E-state index contributed by atoms with van der Waals surface area (Å²) in [5.74, 6) is 1.40. The van der Waals surface area contributed by atoms with Gasteiger partial charge in [0.25, 0.3) is 0 Å². The molecule has 1 amide bonds. The minimum absolute atomic E-state index is 0.0966. The number of pyridine rings is 1. The molecule has 0 aliphatic rings. The summed E-state index contributed by atoms with van der Waals surface area (Å²) in [6.07, 6.45) is 1.96. The summed E-state index contributed by atoms with van der Waals surface area (Å²) in [5.41, 5.74) is 3.39. The maximum Gasteiger partial charge on any atom is 0.224 e. The molecule has 0 fully saturated rings. The molecule has 0 spiro atoms. The molecule has 0 saturated heterocycles. The van der Waals surface area contributed by atoms with Gasteiger partial charge in [0.2, 0.25) is 5.91 Å². The lowest BCUT2D eigenvalue weighted by Gasteiger charge is -2.11. The van der Waals surface area contributed by atoms with Crippen molar-refractivity contribution in [1.82, 2.24) is 19.9 Å². The highest BCUT2D eigenvalue weighted by atomic mass is 35.5. The number of benzene rings is 2. The van der Waals surface area contributed by atoms with E-state index in [-0.39, 0.29) is 12.3 Å². The van der Waals surface area contributed by atoms with Gasteiger partial charge in [-0.25, -0.2) is 9.97 Å². The molecule has 0 bridgehead atoms. The van der Waals surface area contributed by atoms with E-state index in [1.54, 1.807) is 25.4 Å². The number of nitrogens with zero attached hydrogens (tertiary/aromatic N) is 3. The van der Waals surface area contributed by atoms with E-state index in [9.17, 15) is 4.79 Å². The zero-order valence-corrected chi connectivity index (χ0v) is 17.3. The van der Waals surface area contributed by atoms with Crippen molar-refractivity contribution in [2.45, 2.75) is 13.0 Å². The first-order chi connectivity index (χ1) is 14.7. The Labute approximate surface area is 179 Å². The molecule has 0 radical (unpaired) electrons. The third-order valence-electron chi connectivity index (χ3n) is 4.80. The summed E-state index contributed by atoms with van der Waals surface area (Å²) in [5, 5.41) is 3.48. The Morgan fingerprint density at radius 3 is 2.73 bits per heavy atom. The molecule has 4 aromatic rings. The van der Waals surface area contributed by atoms with Gasteiger partial charge in [-0.05, 0) is 29.8 Å². The van der Waals surface area contributed by atoms with Crippen LogP contribution in [-0.2, 0) is 17.8 Å². The van der Waals surface area contributed by atoms with E-state index in [0.29, 0.717) is 23.9 Å². The fraction of sp³-hybridized carbons (Fsp3) is 0.174. The summed E-state index contributed by atoms with van der Waals surface area (Å²) in [7, 11) is 1.58. The van der Waals surface area contributed by atoms with Gasteiger partial charge in [0.05, 0.1) is 13.5 Å². The summed E-state index contributed by atoms with van der Waals surface area (Å²) in [6, 6.07) is 19.1. The van der Waals surface area contributed by atoms with Crippen LogP contribution in [0.25, 0.3) is 22.6 Å². The number of imidazole rings is 1. The third-order valence-corrected chi connectivity index (χ3v) is 5.16. The summed E-state index contributed by atoms with van der Waals surface area (Å²) < 4.78 is 7.18. The Kier molecular flexibility index (Phi) is 5.95. The number of rotatable bonds is 7. The number of fused-ring (bicyclic) bond motifs is 1. The molecular weight excluding hydrogens is 400 g/mol. The van der Waals surface area contributed by atoms with Gasteiger partial charge >= 0.3 is 0 Å². The van der Waals surface area contributed by atoms with Gasteiger partial charge in [-0.3, -0.25) is 4.79 Å². The largest absolute Gasteiger partial charge is 0.497 e. The number of aromatic nitrogens is 3. The summed E-state index contributed by atoms with van der Waals surface area (Å²) >= 11 is 6.24. The van der Waals surface area contributed by atoms with Crippen LogP contribution in [0.1, 0.15) is 5.56 Å². The molecule has 0 unspecified atom stereocenters. The molecule has 0 aliphatic heterocycles. The maximum atomic E-state index is 12.4. The molecule has 152 valence electrons. The molecule has 0 aliphatic carbocycles. The van der Waals surface area contributed by atoms with Crippen LogP contribution < -0.4 is 10.1 Å². The van der Waals surface area contributed by atoms with Crippen LogP contribution in [-0.4, -0.2) is 34.1 Å². The molecule has 2 aromatic heterocycles. The lowest BCUT2D eigenvalue weighted by Crippen LogP contribution is -2.28. The first-order valence-electron chi connectivity index (χ1n) is 9.61. The smallest absolute Gasteiger partial charge is 0.224 e. The number of carbonyl (C=O) groups is 1. The predicted molar refractivity (Wildman–Crippen MR) is 118 cm³/mol. The van der Waals surface area contributed by atoms with Gasteiger partial charge in [-0.1, -0.05) is 48.0 Å². The number of carbonyl (C=O) groups excluding carboxylic acids is 1. The normalized spacial score (nSPS) is 10.9. The Morgan fingerprint density at radius 1 is 1.13 bits per heavy atom. The van der Waals surface area contributed by atoms with Crippen LogP contribution in [0.4, 0.5) is 0 Å². The Hall–Kier alpha value is -3.38. The lowest BCUT2D eigenvalue weighted by atomic mass is 10.1. The van der Waals surface area contributed by atoms with Crippen molar-refractivity contribution in [3.63, 3.8) is 0 Å². The van der Waals surface area contributed by atoms with Gasteiger partial charge in [-0.15, -0.1) is 0 Å². The first-order valence-corrected chi connectivity index (χ1v) is 9.99. The molecule has 1 N–H and O–H groups in total.